The van der Waals surface area contributed by atoms with Crippen molar-refractivity contribution in [2.75, 3.05) is 13.2 Å². The first kappa shape index (κ1) is 60.9. The van der Waals surface area contributed by atoms with Crippen LogP contribution in [-0.4, -0.2) is 37.2 Å². The van der Waals surface area contributed by atoms with E-state index in [0.717, 1.165) is 103 Å². The van der Waals surface area contributed by atoms with Crippen LogP contribution in [0.1, 0.15) is 258 Å². The van der Waals surface area contributed by atoms with Gasteiger partial charge in [-0.25, -0.2) is 0 Å². The SMILES string of the molecule is CC\C=C/C=C\C=C/C=C\CCCCCCCC(=O)OC(COC(=O)CCCCCCCCC/C=C\C/C=C\CC)COC(=O)CCCCCCCCCCCCCCCCCCC. The Hall–Kier alpha value is -3.15. The molecule has 0 bridgehead atoms. The third-order valence-corrected chi connectivity index (χ3v) is 11.6. The summed E-state index contributed by atoms with van der Waals surface area (Å²) in [7, 11) is 0. The van der Waals surface area contributed by atoms with Crippen LogP contribution in [0.4, 0.5) is 0 Å². The summed E-state index contributed by atoms with van der Waals surface area (Å²) in [4.78, 5) is 38.1. The molecular weight excluding hydrogens is 793 g/mol. The van der Waals surface area contributed by atoms with Gasteiger partial charge in [-0.1, -0.05) is 248 Å². The fraction of sp³-hybridized carbons (Fsp3) is 0.741. The zero-order chi connectivity index (χ0) is 46.5. The Morgan fingerprint density at radius 1 is 0.344 bits per heavy atom. The molecule has 0 saturated heterocycles. The zero-order valence-corrected chi connectivity index (χ0v) is 42.0. The van der Waals surface area contributed by atoms with Crippen molar-refractivity contribution in [3.63, 3.8) is 0 Å². The molecule has 6 heteroatoms. The standard InChI is InChI=1S/C58H100O6/c1-4-7-10-13-16-19-22-25-28-29-31-33-36-39-42-45-48-51-57(60)63-54-55(53-62-56(59)50-47-44-41-38-35-32-27-24-21-18-15-12-9-6-3)64-58(61)52-49-46-43-40-37-34-30-26-23-20-17-14-11-8-5-2/h8-9,11-12,14,17-18,20-21,23,26,30,55H,4-7,10,13,15-16,19,22,24-25,27-29,31-54H2,1-3H3/b11-8-,12-9-,17-14-,21-18-,23-20-,30-26-. The first-order valence-electron chi connectivity index (χ1n) is 27.0. The minimum Gasteiger partial charge on any atom is -0.462 e. The minimum atomic E-state index is -0.789. The first-order valence-corrected chi connectivity index (χ1v) is 27.0. The molecule has 0 aromatic rings. The van der Waals surface area contributed by atoms with Crippen LogP contribution < -0.4 is 0 Å². The lowest BCUT2D eigenvalue weighted by Crippen LogP contribution is -2.30. The molecule has 0 amide bonds. The molecule has 0 fully saturated rings. The highest BCUT2D eigenvalue weighted by Gasteiger charge is 2.19. The Balaban J connectivity index is 4.40. The number of unbranched alkanes of at least 4 members (excludes halogenated alkanes) is 28. The highest BCUT2D eigenvalue weighted by atomic mass is 16.6. The molecule has 1 atom stereocenters. The van der Waals surface area contributed by atoms with Gasteiger partial charge in [-0.3, -0.25) is 14.4 Å². The van der Waals surface area contributed by atoms with Crippen molar-refractivity contribution in [3.05, 3.63) is 72.9 Å². The maximum absolute atomic E-state index is 12.8. The molecule has 0 aliphatic carbocycles. The fourth-order valence-corrected chi connectivity index (χ4v) is 7.55. The molecule has 0 rings (SSSR count). The molecule has 0 aliphatic heterocycles. The number of hydrogen-bond acceptors (Lipinski definition) is 6. The lowest BCUT2D eigenvalue weighted by molar-refractivity contribution is -0.167. The van der Waals surface area contributed by atoms with Crippen molar-refractivity contribution in [2.24, 2.45) is 0 Å². The van der Waals surface area contributed by atoms with Crippen molar-refractivity contribution in [1.82, 2.24) is 0 Å². The van der Waals surface area contributed by atoms with Gasteiger partial charge in [-0.15, -0.1) is 0 Å². The average molecular weight is 893 g/mol. The van der Waals surface area contributed by atoms with Crippen LogP contribution in [0.15, 0.2) is 72.9 Å². The second kappa shape index (κ2) is 52.5. The van der Waals surface area contributed by atoms with E-state index >= 15 is 0 Å². The monoisotopic (exact) mass is 893 g/mol. The second-order valence-electron chi connectivity index (χ2n) is 17.8. The Morgan fingerprint density at radius 3 is 1.12 bits per heavy atom. The first-order chi connectivity index (χ1) is 31.5. The van der Waals surface area contributed by atoms with Gasteiger partial charge in [0.25, 0.3) is 0 Å². The van der Waals surface area contributed by atoms with Gasteiger partial charge in [0.2, 0.25) is 0 Å². The van der Waals surface area contributed by atoms with E-state index < -0.39 is 6.10 Å². The summed E-state index contributed by atoms with van der Waals surface area (Å²) < 4.78 is 16.8. The molecule has 0 radical (unpaired) electrons. The maximum Gasteiger partial charge on any atom is 0.306 e. The van der Waals surface area contributed by atoms with Crippen molar-refractivity contribution in [1.29, 1.82) is 0 Å². The van der Waals surface area contributed by atoms with E-state index in [1.165, 1.54) is 116 Å². The predicted molar refractivity (Wildman–Crippen MR) is 274 cm³/mol. The van der Waals surface area contributed by atoms with Crippen LogP contribution in [0.25, 0.3) is 0 Å². The Bertz CT molecular complexity index is 1210. The van der Waals surface area contributed by atoms with Gasteiger partial charge in [0.15, 0.2) is 6.10 Å². The number of esters is 3. The van der Waals surface area contributed by atoms with Gasteiger partial charge in [0, 0.05) is 19.3 Å². The Morgan fingerprint density at radius 2 is 0.688 bits per heavy atom. The van der Waals surface area contributed by atoms with E-state index in [-0.39, 0.29) is 31.1 Å². The lowest BCUT2D eigenvalue weighted by Gasteiger charge is -2.18. The van der Waals surface area contributed by atoms with E-state index in [0.29, 0.717) is 19.3 Å². The van der Waals surface area contributed by atoms with Crippen LogP contribution in [0, 0.1) is 0 Å². The summed E-state index contributed by atoms with van der Waals surface area (Å²) in [6.45, 7) is 6.39. The number of allylic oxidation sites excluding steroid dienone is 12. The molecule has 1 unspecified atom stereocenters. The molecule has 0 saturated carbocycles. The molecule has 0 aromatic heterocycles. The van der Waals surface area contributed by atoms with Gasteiger partial charge in [-0.2, -0.15) is 0 Å². The Labute approximate surface area is 395 Å². The smallest absolute Gasteiger partial charge is 0.306 e. The number of rotatable bonds is 48. The van der Waals surface area contributed by atoms with Gasteiger partial charge >= 0.3 is 17.9 Å². The highest BCUT2D eigenvalue weighted by molar-refractivity contribution is 5.71. The van der Waals surface area contributed by atoms with E-state index in [1.54, 1.807) is 0 Å². The molecule has 0 N–H and O–H groups in total. The van der Waals surface area contributed by atoms with Gasteiger partial charge < -0.3 is 14.2 Å². The third kappa shape index (κ3) is 49.9. The van der Waals surface area contributed by atoms with Crippen molar-refractivity contribution >= 4 is 17.9 Å². The largest absolute Gasteiger partial charge is 0.462 e. The average Bonchev–Trinajstić information content (AvgIpc) is 3.29. The summed E-state index contributed by atoms with van der Waals surface area (Å²) in [5.41, 5.74) is 0. The number of carbonyl (C=O) groups is 3. The molecule has 0 spiro atoms. The van der Waals surface area contributed by atoms with Gasteiger partial charge in [0.1, 0.15) is 13.2 Å². The molecule has 0 aromatic carbocycles. The van der Waals surface area contributed by atoms with Gasteiger partial charge in [0.05, 0.1) is 0 Å². The number of hydrogen-bond donors (Lipinski definition) is 0. The summed E-state index contributed by atoms with van der Waals surface area (Å²) >= 11 is 0. The summed E-state index contributed by atoms with van der Waals surface area (Å²) in [5.74, 6) is -0.912. The normalized spacial score (nSPS) is 12.6. The van der Waals surface area contributed by atoms with Crippen molar-refractivity contribution in [3.8, 4) is 0 Å². The molecule has 368 valence electrons. The van der Waals surface area contributed by atoms with Crippen LogP contribution >= 0.6 is 0 Å². The molecule has 0 heterocycles. The van der Waals surface area contributed by atoms with Crippen LogP contribution in [0.5, 0.6) is 0 Å². The zero-order valence-electron chi connectivity index (χ0n) is 42.0. The highest BCUT2D eigenvalue weighted by Crippen LogP contribution is 2.16. The predicted octanol–water partition coefficient (Wildman–Crippen LogP) is 17.8. The molecule has 6 nitrogen and oxygen atoms in total. The summed E-state index contributed by atoms with van der Waals surface area (Å²) in [6, 6.07) is 0. The second-order valence-corrected chi connectivity index (χ2v) is 17.8. The fourth-order valence-electron chi connectivity index (χ4n) is 7.55. The molecule has 0 aliphatic rings. The number of ether oxygens (including phenoxy) is 3. The summed E-state index contributed by atoms with van der Waals surface area (Å²) in [5, 5.41) is 0. The van der Waals surface area contributed by atoms with Crippen LogP contribution in [0.2, 0.25) is 0 Å². The van der Waals surface area contributed by atoms with E-state index in [9.17, 15) is 14.4 Å². The lowest BCUT2D eigenvalue weighted by atomic mass is 10.0. The topological polar surface area (TPSA) is 78.9 Å². The van der Waals surface area contributed by atoms with Crippen LogP contribution in [0.3, 0.4) is 0 Å². The third-order valence-electron chi connectivity index (χ3n) is 11.6. The minimum absolute atomic E-state index is 0.0859. The number of carbonyl (C=O) groups excluding carboxylic acids is 3. The van der Waals surface area contributed by atoms with Crippen molar-refractivity contribution in [2.45, 2.75) is 264 Å². The quantitative estimate of drug-likeness (QED) is 0.0199. The molecule has 64 heavy (non-hydrogen) atoms. The van der Waals surface area contributed by atoms with Crippen molar-refractivity contribution < 1.29 is 28.6 Å². The van der Waals surface area contributed by atoms with E-state index in [1.807, 2.05) is 18.2 Å². The van der Waals surface area contributed by atoms with Gasteiger partial charge in [-0.05, 0) is 64.2 Å². The summed E-state index contributed by atoms with van der Waals surface area (Å²) in [6.07, 6.45) is 66.0. The molecular formula is C58H100O6. The van der Waals surface area contributed by atoms with Crippen LogP contribution in [-0.2, 0) is 28.6 Å². The Kier molecular flexibility index (Phi) is 49.9. The maximum atomic E-state index is 12.8. The van der Waals surface area contributed by atoms with E-state index in [2.05, 4.69) is 75.5 Å². The van der Waals surface area contributed by atoms with E-state index in [4.69, 9.17) is 14.2 Å².